The summed E-state index contributed by atoms with van der Waals surface area (Å²) in [7, 11) is 0. The number of rotatable bonds is 6. The van der Waals surface area contributed by atoms with Crippen molar-refractivity contribution in [3.8, 4) is 5.88 Å². The molecule has 3 rings (SSSR count). The van der Waals surface area contributed by atoms with Gasteiger partial charge in [-0.05, 0) is 36.6 Å². The van der Waals surface area contributed by atoms with Gasteiger partial charge < -0.3 is 10.1 Å². The fourth-order valence-corrected chi connectivity index (χ4v) is 3.35. The third-order valence-electron chi connectivity index (χ3n) is 3.68. The number of ether oxygens (including phenoxy) is 1. The Morgan fingerprint density at radius 3 is 3.00 bits per heavy atom. The van der Waals surface area contributed by atoms with Crippen LogP contribution in [0, 0.1) is 0 Å². The van der Waals surface area contributed by atoms with Crippen LogP contribution in [-0.2, 0) is 12.8 Å². The highest BCUT2D eigenvalue weighted by molar-refractivity contribution is 7.99. The average molecular weight is 350 g/mol. The lowest BCUT2D eigenvalue weighted by Crippen LogP contribution is -2.16. The fraction of sp³-hybridized carbons (Fsp3) is 0.412. The van der Waals surface area contributed by atoms with Crippen molar-refractivity contribution in [1.29, 1.82) is 0 Å². The molecule has 1 aromatic carbocycles. The van der Waals surface area contributed by atoms with Crippen LogP contribution in [0.3, 0.4) is 0 Å². The number of benzene rings is 1. The Bertz CT molecular complexity index is 681. The third-order valence-corrected chi connectivity index (χ3v) is 4.77. The maximum atomic E-state index is 6.21. The van der Waals surface area contributed by atoms with E-state index in [0.717, 1.165) is 71.2 Å². The average Bonchev–Trinajstić information content (AvgIpc) is 2.57. The zero-order valence-electron chi connectivity index (χ0n) is 13.1. The standard InChI is InChI=1S/C17H20ClN3OS/c1-2-23-17-20-15(13-7-5-11-22-16(13)21-17)19-10-9-12-6-3-4-8-14(12)18/h3-4,6,8H,2,5,7,9-11H2,1H3,(H,19,20,21). The Hall–Kier alpha value is -1.46. The molecule has 4 nitrogen and oxygen atoms in total. The molecule has 6 heteroatoms. The van der Waals surface area contributed by atoms with Crippen LogP contribution < -0.4 is 10.1 Å². The van der Waals surface area contributed by atoms with Crippen LogP contribution in [0.4, 0.5) is 5.82 Å². The summed E-state index contributed by atoms with van der Waals surface area (Å²) < 4.78 is 5.71. The highest BCUT2D eigenvalue weighted by atomic mass is 35.5. The van der Waals surface area contributed by atoms with Gasteiger partial charge in [0.1, 0.15) is 5.82 Å². The van der Waals surface area contributed by atoms with Gasteiger partial charge in [0, 0.05) is 11.6 Å². The minimum absolute atomic E-state index is 0.735. The van der Waals surface area contributed by atoms with E-state index in [4.69, 9.17) is 16.3 Å². The quantitative estimate of drug-likeness (QED) is 0.625. The van der Waals surface area contributed by atoms with E-state index in [0.29, 0.717) is 0 Å². The number of halogens is 1. The molecule has 0 unspecified atom stereocenters. The largest absolute Gasteiger partial charge is 0.477 e. The van der Waals surface area contributed by atoms with Gasteiger partial charge in [-0.1, -0.05) is 48.5 Å². The van der Waals surface area contributed by atoms with Crippen molar-refractivity contribution in [2.24, 2.45) is 0 Å². The van der Waals surface area contributed by atoms with Crippen molar-refractivity contribution in [2.75, 3.05) is 24.2 Å². The normalized spacial score (nSPS) is 13.3. The molecule has 23 heavy (non-hydrogen) atoms. The Labute approximate surface area is 146 Å². The molecule has 0 atom stereocenters. The van der Waals surface area contributed by atoms with Gasteiger partial charge in [-0.2, -0.15) is 4.98 Å². The molecule has 0 amide bonds. The van der Waals surface area contributed by atoms with E-state index < -0.39 is 0 Å². The Morgan fingerprint density at radius 2 is 2.17 bits per heavy atom. The van der Waals surface area contributed by atoms with Crippen LogP contribution in [0.25, 0.3) is 0 Å². The molecule has 0 bridgehead atoms. The van der Waals surface area contributed by atoms with Gasteiger partial charge in [0.2, 0.25) is 5.88 Å². The third kappa shape index (κ3) is 4.09. The van der Waals surface area contributed by atoms with Crippen LogP contribution in [0.2, 0.25) is 5.02 Å². The molecule has 0 fully saturated rings. The molecule has 1 aliphatic rings. The number of aromatic nitrogens is 2. The first-order chi connectivity index (χ1) is 11.3. The molecule has 0 saturated carbocycles. The first-order valence-electron chi connectivity index (χ1n) is 7.91. The molecule has 1 aliphatic heterocycles. The molecule has 0 aliphatic carbocycles. The predicted octanol–water partition coefficient (Wildman–Crippen LogP) is 4.22. The van der Waals surface area contributed by atoms with Crippen molar-refractivity contribution < 1.29 is 4.74 Å². The predicted molar refractivity (Wildman–Crippen MR) is 95.9 cm³/mol. The van der Waals surface area contributed by atoms with Gasteiger partial charge in [0.15, 0.2) is 5.16 Å². The van der Waals surface area contributed by atoms with E-state index >= 15 is 0 Å². The van der Waals surface area contributed by atoms with Gasteiger partial charge in [-0.15, -0.1) is 0 Å². The first-order valence-corrected chi connectivity index (χ1v) is 9.28. The zero-order valence-corrected chi connectivity index (χ0v) is 14.7. The lowest BCUT2D eigenvalue weighted by Gasteiger charge is -2.20. The maximum Gasteiger partial charge on any atom is 0.222 e. The number of fused-ring (bicyclic) bond motifs is 1. The monoisotopic (exact) mass is 349 g/mol. The maximum absolute atomic E-state index is 6.21. The van der Waals surface area contributed by atoms with Gasteiger partial charge in [-0.25, -0.2) is 4.98 Å². The SMILES string of the molecule is CCSc1nc(NCCc2ccccc2Cl)c2c(n1)OCCC2. The zero-order chi connectivity index (χ0) is 16.1. The second-order valence-corrected chi connectivity index (χ2v) is 6.93. The summed E-state index contributed by atoms with van der Waals surface area (Å²) >= 11 is 7.84. The molecular weight excluding hydrogens is 330 g/mol. The van der Waals surface area contributed by atoms with E-state index in [-0.39, 0.29) is 0 Å². The minimum atomic E-state index is 0.735. The molecule has 0 saturated heterocycles. The smallest absolute Gasteiger partial charge is 0.222 e. The molecule has 2 aromatic rings. The number of nitrogens with one attached hydrogen (secondary N) is 1. The van der Waals surface area contributed by atoms with Crippen molar-refractivity contribution >= 4 is 29.2 Å². The van der Waals surface area contributed by atoms with Gasteiger partial charge in [0.25, 0.3) is 0 Å². The van der Waals surface area contributed by atoms with E-state index in [1.54, 1.807) is 11.8 Å². The van der Waals surface area contributed by atoms with Gasteiger partial charge in [0.05, 0.1) is 12.2 Å². The summed E-state index contributed by atoms with van der Waals surface area (Å²) in [4.78, 5) is 9.17. The fourth-order valence-electron chi connectivity index (χ4n) is 2.56. The summed E-state index contributed by atoms with van der Waals surface area (Å²) in [5.74, 6) is 2.58. The van der Waals surface area contributed by atoms with Crippen LogP contribution in [0.1, 0.15) is 24.5 Å². The summed E-state index contributed by atoms with van der Waals surface area (Å²) in [6.45, 7) is 3.61. The van der Waals surface area contributed by atoms with Crippen molar-refractivity contribution in [3.05, 3.63) is 40.4 Å². The molecule has 2 heterocycles. The van der Waals surface area contributed by atoms with Crippen molar-refractivity contribution in [3.63, 3.8) is 0 Å². The van der Waals surface area contributed by atoms with Crippen LogP contribution in [0.5, 0.6) is 5.88 Å². The first kappa shape index (κ1) is 16.4. The summed E-state index contributed by atoms with van der Waals surface area (Å²) in [6, 6.07) is 7.94. The Morgan fingerprint density at radius 1 is 1.30 bits per heavy atom. The van der Waals surface area contributed by atoms with Crippen molar-refractivity contribution in [1.82, 2.24) is 9.97 Å². The number of nitrogens with zero attached hydrogens (tertiary/aromatic N) is 2. The van der Waals surface area contributed by atoms with E-state index in [2.05, 4.69) is 28.3 Å². The van der Waals surface area contributed by atoms with Crippen LogP contribution in [-0.4, -0.2) is 28.9 Å². The number of anilines is 1. The minimum Gasteiger partial charge on any atom is -0.477 e. The second-order valence-electron chi connectivity index (χ2n) is 5.29. The van der Waals surface area contributed by atoms with E-state index in [1.165, 1.54) is 0 Å². The summed E-state index contributed by atoms with van der Waals surface area (Å²) in [6.07, 6.45) is 2.83. The molecule has 1 N–H and O–H groups in total. The van der Waals surface area contributed by atoms with Crippen LogP contribution >= 0.6 is 23.4 Å². The van der Waals surface area contributed by atoms with Gasteiger partial charge in [-0.3, -0.25) is 0 Å². The molecule has 1 aromatic heterocycles. The molecule has 0 radical (unpaired) electrons. The van der Waals surface area contributed by atoms with E-state index in [1.807, 2.05) is 18.2 Å². The van der Waals surface area contributed by atoms with Crippen LogP contribution in [0.15, 0.2) is 29.4 Å². The Kier molecular flexibility index (Phi) is 5.62. The summed E-state index contributed by atoms with van der Waals surface area (Å²) in [5, 5.41) is 5.03. The lowest BCUT2D eigenvalue weighted by atomic mass is 10.1. The molecule has 0 spiro atoms. The molecule has 122 valence electrons. The van der Waals surface area contributed by atoms with Gasteiger partial charge >= 0.3 is 0 Å². The van der Waals surface area contributed by atoms with E-state index in [9.17, 15) is 0 Å². The lowest BCUT2D eigenvalue weighted by molar-refractivity contribution is 0.273. The number of hydrogen-bond acceptors (Lipinski definition) is 5. The second kappa shape index (κ2) is 7.88. The number of thioether (sulfide) groups is 1. The number of hydrogen-bond donors (Lipinski definition) is 1. The topological polar surface area (TPSA) is 47.0 Å². The van der Waals surface area contributed by atoms with Crippen molar-refractivity contribution in [2.45, 2.75) is 31.3 Å². The molecular formula is C17H20ClN3OS. The highest BCUT2D eigenvalue weighted by Crippen LogP contribution is 2.31. The highest BCUT2D eigenvalue weighted by Gasteiger charge is 2.19. The summed E-state index contributed by atoms with van der Waals surface area (Å²) in [5.41, 5.74) is 2.24. The Balaban J connectivity index is 1.73.